The Morgan fingerprint density at radius 2 is 1.48 bits per heavy atom. The highest BCUT2D eigenvalue weighted by atomic mass is 35.5. The van der Waals surface area contributed by atoms with Crippen molar-refractivity contribution in [2.24, 2.45) is 11.8 Å². The van der Waals surface area contributed by atoms with Crippen LogP contribution in [0.5, 0.6) is 0 Å². The number of hydrogen-bond acceptors (Lipinski definition) is 2. The molecule has 2 aliphatic heterocycles. The fraction of sp³-hybridized carbons (Fsp3) is 0.480. The fourth-order valence-corrected chi connectivity index (χ4v) is 6.77. The molecule has 4 unspecified atom stereocenters. The smallest absolute Gasteiger partial charge is 0.255 e. The summed E-state index contributed by atoms with van der Waals surface area (Å²) in [6, 6.07) is 11.7. The number of amides is 1. The molecule has 4 aliphatic rings. The molecule has 4 atom stereocenters. The number of benzene rings is 2. The summed E-state index contributed by atoms with van der Waals surface area (Å²) in [7, 11) is 0. The quantitative estimate of drug-likeness (QED) is 0.644. The lowest BCUT2D eigenvalue weighted by Crippen LogP contribution is -2.43. The Bertz CT molecular complexity index is 924. The molecule has 2 aromatic rings. The van der Waals surface area contributed by atoms with Crippen LogP contribution in [-0.4, -0.2) is 19.0 Å². The van der Waals surface area contributed by atoms with Crippen LogP contribution in [0.25, 0.3) is 0 Å². The van der Waals surface area contributed by atoms with Crippen molar-refractivity contribution in [3.05, 3.63) is 58.1 Å². The van der Waals surface area contributed by atoms with Crippen LogP contribution in [0.4, 0.5) is 11.4 Å². The molecule has 2 aromatic carbocycles. The molecule has 0 bridgehead atoms. The van der Waals surface area contributed by atoms with E-state index in [1.165, 1.54) is 68.4 Å². The maximum atomic E-state index is 12.9. The lowest BCUT2D eigenvalue weighted by atomic mass is 9.75. The first-order valence-electron chi connectivity index (χ1n) is 11.2. The van der Waals surface area contributed by atoms with Crippen molar-refractivity contribution in [3.8, 4) is 0 Å². The Kier molecular flexibility index (Phi) is 4.16. The van der Waals surface area contributed by atoms with E-state index in [1.54, 1.807) is 24.3 Å². The summed E-state index contributed by atoms with van der Waals surface area (Å²) in [6.45, 7) is 2.48. The average Bonchev–Trinajstić information content (AvgIpc) is 3.38. The lowest BCUT2D eigenvalue weighted by Gasteiger charge is -2.46. The van der Waals surface area contributed by atoms with Crippen LogP contribution in [-0.2, 0) is 0 Å². The molecule has 2 aliphatic carbocycles. The van der Waals surface area contributed by atoms with Gasteiger partial charge in [0.05, 0.1) is 0 Å². The average molecular weight is 407 g/mol. The third-order valence-corrected chi connectivity index (χ3v) is 8.13. The zero-order valence-electron chi connectivity index (χ0n) is 16.7. The molecule has 0 saturated heterocycles. The van der Waals surface area contributed by atoms with Gasteiger partial charge in [0.1, 0.15) is 0 Å². The van der Waals surface area contributed by atoms with Crippen molar-refractivity contribution in [2.75, 3.05) is 23.3 Å². The van der Waals surface area contributed by atoms with E-state index in [1.807, 2.05) is 0 Å². The van der Waals surface area contributed by atoms with Crippen molar-refractivity contribution in [2.45, 2.75) is 50.4 Å². The fourth-order valence-electron chi connectivity index (χ4n) is 6.64. The van der Waals surface area contributed by atoms with Gasteiger partial charge in [0.25, 0.3) is 5.91 Å². The van der Waals surface area contributed by atoms with Gasteiger partial charge in [0, 0.05) is 35.1 Å². The number of hydrogen-bond donors (Lipinski definition) is 1. The van der Waals surface area contributed by atoms with Crippen molar-refractivity contribution >= 4 is 28.9 Å². The number of fused-ring (bicyclic) bond motifs is 4. The predicted octanol–water partition coefficient (Wildman–Crippen LogP) is 6.19. The zero-order chi connectivity index (χ0) is 19.5. The summed E-state index contributed by atoms with van der Waals surface area (Å²) in [5.41, 5.74) is 6.17. The monoisotopic (exact) mass is 406 g/mol. The third-order valence-electron chi connectivity index (χ3n) is 7.88. The summed E-state index contributed by atoms with van der Waals surface area (Å²) in [4.78, 5) is 15.6. The highest BCUT2D eigenvalue weighted by molar-refractivity contribution is 6.30. The van der Waals surface area contributed by atoms with E-state index in [0.717, 1.165) is 17.5 Å². The van der Waals surface area contributed by atoms with E-state index in [9.17, 15) is 4.79 Å². The largest absolute Gasteiger partial charge is 0.370 e. The van der Waals surface area contributed by atoms with E-state index >= 15 is 0 Å². The molecular formula is C25H27ClN2O. The molecule has 2 heterocycles. The van der Waals surface area contributed by atoms with Crippen LogP contribution >= 0.6 is 11.6 Å². The maximum absolute atomic E-state index is 12.9. The Morgan fingerprint density at radius 1 is 0.897 bits per heavy atom. The van der Waals surface area contributed by atoms with Crippen molar-refractivity contribution in [1.29, 1.82) is 0 Å². The topological polar surface area (TPSA) is 32.3 Å². The minimum Gasteiger partial charge on any atom is -0.370 e. The van der Waals surface area contributed by atoms with E-state index in [0.29, 0.717) is 22.4 Å². The Balaban J connectivity index is 1.41. The molecule has 2 saturated carbocycles. The highest BCUT2D eigenvalue weighted by Gasteiger charge is 2.44. The van der Waals surface area contributed by atoms with Crippen LogP contribution in [0.2, 0.25) is 5.02 Å². The lowest BCUT2D eigenvalue weighted by molar-refractivity contribution is 0.102. The molecule has 6 rings (SSSR count). The Labute approximate surface area is 177 Å². The highest BCUT2D eigenvalue weighted by Crippen LogP contribution is 2.56. The van der Waals surface area contributed by atoms with Crippen molar-refractivity contribution in [3.63, 3.8) is 0 Å². The summed E-state index contributed by atoms with van der Waals surface area (Å²) in [6.07, 6.45) is 7.98. The van der Waals surface area contributed by atoms with Crippen LogP contribution < -0.4 is 10.2 Å². The SMILES string of the molecule is O=C(Nc1cc2c3c(c1)C1CCCC1CN3CC1CCCC21)c1ccc(Cl)cc1. The molecule has 0 aromatic heterocycles. The number of halogens is 1. The normalized spacial score (nSPS) is 29.2. The van der Waals surface area contributed by atoms with Gasteiger partial charge < -0.3 is 10.2 Å². The van der Waals surface area contributed by atoms with E-state index < -0.39 is 0 Å². The second-order valence-electron chi connectivity index (χ2n) is 9.46. The number of rotatable bonds is 2. The third kappa shape index (κ3) is 2.89. The summed E-state index contributed by atoms with van der Waals surface area (Å²) in [5, 5.41) is 3.85. The van der Waals surface area contributed by atoms with E-state index in [4.69, 9.17) is 11.6 Å². The van der Waals surface area contributed by atoms with Gasteiger partial charge in [-0.25, -0.2) is 0 Å². The number of nitrogens with one attached hydrogen (secondary N) is 1. The van der Waals surface area contributed by atoms with Gasteiger partial charge in [-0.1, -0.05) is 24.4 Å². The van der Waals surface area contributed by atoms with Crippen LogP contribution in [0.1, 0.15) is 71.8 Å². The predicted molar refractivity (Wildman–Crippen MR) is 118 cm³/mol. The molecule has 0 spiro atoms. The summed E-state index contributed by atoms with van der Waals surface area (Å²) >= 11 is 5.98. The number of anilines is 2. The number of carbonyl (C=O) groups is 1. The minimum atomic E-state index is -0.0526. The summed E-state index contributed by atoms with van der Waals surface area (Å²) < 4.78 is 0. The van der Waals surface area contributed by atoms with Crippen LogP contribution in [0.15, 0.2) is 36.4 Å². The minimum absolute atomic E-state index is 0.0526. The van der Waals surface area contributed by atoms with E-state index in [-0.39, 0.29) is 5.91 Å². The zero-order valence-corrected chi connectivity index (χ0v) is 17.4. The van der Waals surface area contributed by atoms with Gasteiger partial charge >= 0.3 is 0 Å². The first kappa shape index (κ1) is 17.8. The first-order valence-corrected chi connectivity index (χ1v) is 11.5. The van der Waals surface area contributed by atoms with Crippen molar-refractivity contribution in [1.82, 2.24) is 0 Å². The Morgan fingerprint density at radius 3 is 2.07 bits per heavy atom. The second-order valence-corrected chi connectivity index (χ2v) is 9.90. The first-order chi connectivity index (χ1) is 14.2. The van der Waals surface area contributed by atoms with Crippen LogP contribution in [0, 0.1) is 11.8 Å². The molecule has 150 valence electrons. The van der Waals surface area contributed by atoms with Gasteiger partial charge in [-0.15, -0.1) is 0 Å². The maximum Gasteiger partial charge on any atom is 0.255 e. The van der Waals surface area contributed by atoms with Gasteiger partial charge in [-0.3, -0.25) is 4.79 Å². The van der Waals surface area contributed by atoms with E-state index in [2.05, 4.69) is 22.3 Å². The van der Waals surface area contributed by atoms with Crippen LogP contribution in [0.3, 0.4) is 0 Å². The molecular weight excluding hydrogens is 380 g/mol. The number of nitrogens with zero attached hydrogens (tertiary/aromatic N) is 1. The second kappa shape index (κ2) is 6.77. The molecule has 29 heavy (non-hydrogen) atoms. The van der Waals surface area contributed by atoms with Gasteiger partial charge in [0.2, 0.25) is 0 Å². The summed E-state index contributed by atoms with van der Waals surface area (Å²) in [5.74, 6) is 2.87. The molecule has 2 fully saturated rings. The molecule has 1 amide bonds. The molecule has 3 nitrogen and oxygen atoms in total. The molecule has 4 heteroatoms. The Hall–Kier alpha value is -2.00. The van der Waals surface area contributed by atoms with Crippen molar-refractivity contribution < 1.29 is 4.79 Å². The standard InChI is InChI=1S/C25H27ClN2O/c26-18-9-7-15(8-10-18)25(29)27-19-11-22-20-5-1-3-16(20)13-28-14-17-4-2-6-21(17)23(12-19)24(22)28/h7-12,16-17,20-21H,1-6,13-14H2,(H,27,29). The molecule has 1 N–H and O–H groups in total. The van der Waals surface area contributed by atoms with Gasteiger partial charge in [-0.2, -0.15) is 0 Å². The van der Waals surface area contributed by atoms with Gasteiger partial charge in [0.15, 0.2) is 0 Å². The molecule has 0 radical (unpaired) electrons. The number of carbonyl (C=O) groups excluding carboxylic acids is 1. The van der Waals surface area contributed by atoms with Gasteiger partial charge in [-0.05, 0) is 96.9 Å².